The van der Waals surface area contributed by atoms with Crippen LogP contribution in [-0.4, -0.2) is 27.2 Å². The summed E-state index contributed by atoms with van der Waals surface area (Å²) in [4.78, 5) is 12.5. The molecule has 138 valence electrons. The van der Waals surface area contributed by atoms with Crippen LogP contribution in [0, 0.1) is 0 Å². The third-order valence-corrected chi connectivity index (χ3v) is 5.63. The Labute approximate surface area is 152 Å². The Bertz CT molecular complexity index is 910. The minimum absolute atomic E-state index is 0.123. The molecule has 1 aliphatic rings. The highest BCUT2D eigenvalue weighted by molar-refractivity contribution is 7.89. The highest BCUT2D eigenvalue weighted by Crippen LogP contribution is 2.34. The van der Waals surface area contributed by atoms with Crippen molar-refractivity contribution in [1.29, 1.82) is 0 Å². The van der Waals surface area contributed by atoms with Crippen LogP contribution in [0.25, 0.3) is 0 Å². The van der Waals surface area contributed by atoms with Gasteiger partial charge >= 0.3 is 0 Å². The molecule has 26 heavy (non-hydrogen) atoms. The van der Waals surface area contributed by atoms with Crippen LogP contribution < -0.4 is 19.5 Å². The Kier molecular flexibility index (Phi) is 5.15. The van der Waals surface area contributed by atoms with E-state index in [1.54, 1.807) is 25.1 Å². The quantitative estimate of drug-likeness (QED) is 0.808. The summed E-state index contributed by atoms with van der Waals surface area (Å²) in [5.74, 6) is 0.856. The van der Waals surface area contributed by atoms with Crippen molar-refractivity contribution < 1.29 is 22.7 Å². The third kappa shape index (κ3) is 3.97. The molecule has 0 aliphatic carbocycles. The van der Waals surface area contributed by atoms with Gasteiger partial charge in [-0.2, -0.15) is 0 Å². The number of rotatable bonds is 6. The van der Waals surface area contributed by atoms with Gasteiger partial charge in [0.05, 0.1) is 4.90 Å². The van der Waals surface area contributed by atoms with Gasteiger partial charge in [-0.1, -0.05) is 6.92 Å². The molecule has 2 aromatic carbocycles. The second-order valence-electron chi connectivity index (χ2n) is 5.98. The monoisotopic (exact) mass is 376 g/mol. The number of benzene rings is 2. The van der Waals surface area contributed by atoms with E-state index in [1.807, 2.05) is 6.92 Å². The van der Waals surface area contributed by atoms with E-state index in [0.29, 0.717) is 29.2 Å². The topological polar surface area (TPSA) is 93.7 Å². The van der Waals surface area contributed by atoms with Crippen LogP contribution in [0.4, 0.5) is 5.69 Å². The molecule has 0 unspecified atom stereocenters. The zero-order valence-electron chi connectivity index (χ0n) is 14.5. The first-order valence-electron chi connectivity index (χ1n) is 8.22. The van der Waals surface area contributed by atoms with Gasteiger partial charge in [-0.15, -0.1) is 0 Å². The van der Waals surface area contributed by atoms with Crippen molar-refractivity contribution in [2.24, 2.45) is 0 Å². The average Bonchev–Trinajstić information content (AvgIpc) is 3.09. The largest absolute Gasteiger partial charge is 0.454 e. The molecule has 2 aromatic rings. The molecule has 2 N–H and O–H groups in total. The van der Waals surface area contributed by atoms with Crippen LogP contribution in [0.5, 0.6) is 11.5 Å². The fourth-order valence-corrected chi connectivity index (χ4v) is 3.71. The summed E-state index contributed by atoms with van der Waals surface area (Å²) in [5.41, 5.74) is 0.916. The van der Waals surface area contributed by atoms with Gasteiger partial charge in [0.25, 0.3) is 5.91 Å². The van der Waals surface area contributed by atoms with Crippen LogP contribution >= 0.6 is 0 Å². The number of nitrogens with one attached hydrogen (secondary N) is 2. The SMILES string of the molecule is CC[C@H](C)NS(=O)(=O)c1ccc(C(=O)Nc2ccc3c(c2)OCO3)cc1. The van der Waals surface area contributed by atoms with E-state index in [0.717, 1.165) is 0 Å². The van der Waals surface area contributed by atoms with E-state index >= 15 is 0 Å². The summed E-state index contributed by atoms with van der Waals surface area (Å²) >= 11 is 0. The number of ether oxygens (including phenoxy) is 2. The number of carbonyl (C=O) groups excluding carboxylic acids is 1. The van der Waals surface area contributed by atoms with Crippen LogP contribution in [0.1, 0.15) is 30.6 Å². The second kappa shape index (κ2) is 7.35. The van der Waals surface area contributed by atoms with E-state index in [-0.39, 0.29) is 23.6 Å². The smallest absolute Gasteiger partial charge is 0.255 e. The van der Waals surface area contributed by atoms with Crippen molar-refractivity contribution in [1.82, 2.24) is 4.72 Å². The van der Waals surface area contributed by atoms with E-state index < -0.39 is 10.0 Å². The van der Waals surface area contributed by atoms with Gasteiger partial charge in [0.1, 0.15) is 0 Å². The summed E-state index contributed by atoms with van der Waals surface area (Å²) in [5, 5.41) is 2.75. The molecule has 0 saturated heterocycles. The van der Waals surface area contributed by atoms with Crippen LogP contribution in [-0.2, 0) is 10.0 Å². The van der Waals surface area contributed by atoms with Gasteiger partial charge in [0.15, 0.2) is 11.5 Å². The average molecular weight is 376 g/mol. The zero-order chi connectivity index (χ0) is 18.7. The lowest BCUT2D eigenvalue weighted by atomic mass is 10.2. The molecule has 1 atom stereocenters. The molecule has 3 rings (SSSR count). The zero-order valence-corrected chi connectivity index (χ0v) is 15.3. The molecule has 0 bridgehead atoms. The summed E-state index contributed by atoms with van der Waals surface area (Å²) in [7, 11) is -3.59. The summed E-state index contributed by atoms with van der Waals surface area (Å²) in [6.07, 6.45) is 0.690. The maximum Gasteiger partial charge on any atom is 0.255 e. The van der Waals surface area contributed by atoms with Crippen LogP contribution in [0.3, 0.4) is 0 Å². The normalized spacial score (nSPS) is 14.1. The standard InChI is InChI=1S/C18H20N2O5S/c1-3-12(2)20-26(22,23)15-7-4-13(5-8-15)18(21)19-14-6-9-16-17(10-14)25-11-24-16/h4-10,12,20H,3,11H2,1-2H3,(H,19,21)/t12-/m0/s1. The number of amides is 1. The molecular formula is C18H20N2O5S. The molecule has 1 heterocycles. The van der Waals surface area contributed by atoms with E-state index in [1.165, 1.54) is 24.3 Å². The van der Waals surface area contributed by atoms with Crippen molar-refractivity contribution in [3.8, 4) is 11.5 Å². The van der Waals surface area contributed by atoms with Crippen molar-refractivity contribution in [3.05, 3.63) is 48.0 Å². The van der Waals surface area contributed by atoms with Gasteiger partial charge in [-0.25, -0.2) is 13.1 Å². The Morgan fingerprint density at radius 2 is 1.81 bits per heavy atom. The Morgan fingerprint density at radius 3 is 2.50 bits per heavy atom. The van der Waals surface area contributed by atoms with Crippen LogP contribution in [0.2, 0.25) is 0 Å². The Balaban J connectivity index is 1.71. The summed E-state index contributed by atoms with van der Waals surface area (Å²) in [6.45, 7) is 3.86. The number of carbonyl (C=O) groups is 1. The molecule has 1 amide bonds. The predicted octanol–water partition coefficient (Wildman–Crippen LogP) is 2.74. The molecule has 0 aromatic heterocycles. The lowest BCUT2D eigenvalue weighted by molar-refractivity contribution is 0.102. The summed E-state index contributed by atoms with van der Waals surface area (Å²) in [6, 6.07) is 10.7. The fourth-order valence-electron chi connectivity index (χ4n) is 2.38. The minimum atomic E-state index is -3.59. The molecule has 1 aliphatic heterocycles. The van der Waals surface area contributed by atoms with E-state index in [4.69, 9.17) is 9.47 Å². The third-order valence-electron chi connectivity index (χ3n) is 4.03. The van der Waals surface area contributed by atoms with Gasteiger partial charge < -0.3 is 14.8 Å². The van der Waals surface area contributed by atoms with E-state index in [2.05, 4.69) is 10.0 Å². The van der Waals surface area contributed by atoms with Crippen molar-refractivity contribution in [2.45, 2.75) is 31.2 Å². The molecular weight excluding hydrogens is 356 g/mol. The van der Waals surface area contributed by atoms with Crippen LogP contribution in [0.15, 0.2) is 47.4 Å². The molecule has 0 saturated carbocycles. The second-order valence-corrected chi connectivity index (χ2v) is 7.69. The van der Waals surface area contributed by atoms with Gasteiger partial charge in [-0.05, 0) is 49.7 Å². The maximum absolute atomic E-state index is 12.4. The molecule has 8 heteroatoms. The number of sulfonamides is 1. The molecule has 7 nitrogen and oxygen atoms in total. The number of anilines is 1. The first kappa shape index (κ1) is 18.2. The molecule has 0 spiro atoms. The number of hydrogen-bond donors (Lipinski definition) is 2. The predicted molar refractivity (Wildman–Crippen MR) is 97.0 cm³/mol. The summed E-state index contributed by atoms with van der Waals surface area (Å²) < 4.78 is 37.6. The lowest BCUT2D eigenvalue weighted by Gasteiger charge is -2.12. The molecule has 0 radical (unpaired) electrons. The fraction of sp³-hybridized carbons (Fsp3) is 0.278. The number of fused-ring (bicyclic) bond motifs is 1. The van der Waals surface area contributed by atoms with Crippen molar-refractivity contribution >= 4 is 21.6 Å². The Hall–Kier alpha value is -2.58. The van der Waals surface area contributed by atoms with Gasteiger partial charge in [0.2, 0.25) is 16.8 Å². The van der Waals surface area contributed by atoms with Gasteiger partial charge in [0, 0.05) is 23.4 Å². The first-order chi connectivity index (χ1) is 12.4. The highest BCUT2D eigenvalue weighted by Gasteiger charge is 2.18. The van der Waals surface area contributed by atoms with Crippen molar-refractivity contribution in [2.75, 3.05) is 12.1 Å². The van der Waals surface area contributed by atoms with E-state index in [9.17, 15) is 13.2 Å². The number of hydrogen-bond acceptors (Lipinski definition) is 5. The van der Waals surface area contributed by atoms with Gasteiger partial charge in [-0.3, -0.25) is 4.79 Å². The first-order valence-corrected chi connectivity index (χ1v) is 9.71. The highest BCUT2D eigenvalue weighted by atomic mass is 32.2. The lowest BCUT2D eigenvalue weighted by Crippen LogP contribution is -2.32. The minimum Gasteiger partial charge on any atom is -0.454 e. The molecule has 0 fully saturated rings. The van der Waals surface area contributed by atoms with Crippen molar-refractivity contribution in [3.63, 3.8) is 0 Å². The maximum atomic E-state index is 12.4. The Morgan fingerprint density at radius 1 is 1.12 bits per heavy atom.